The van der Waals surface area contributed by atoms with Crippen molar-refractivity contribution in [2.45, 2.75) is 39.3 Å². The van der Waals surface area contributed by atoms with Crippen molar-refractivity contribution < 1.29 is 0 Å². The Labute approximate surface area is 115 Å². The second-order valence-electron chi connectivity index (χ2n) is 4.95. The molecule has 1 heterocycles. The molecular formula is C16H23N3. The first-order valence-electron chi connectivity index (χ1n) is 7.06. The molecule has 0 saturated heterocycles. The van der Waals surface area contributed by atoms with E-state index < -0.39 is 0 Å². The van der Waals surface area contributed by atoms with E-state index in [-0.39, 0.29) is 0 Å². The van der Waals surface area contributed by atoms with Crippen LogP contribution < -0.4 is 5.32 Å². The van der Waals surface area contributed by atoms with E-state index in [1.807, 2.05) is 12.5 Å². The minimum absolute atomic E-state index is 0.602. The Balaban J connectivity index is 1.72. The van der Waals surface area contributed by atoms with Gasteiger partial charge in [-0.05, 0) is 31.4 Å². The average molecular weight is 257 g/mol. The highest BCUT2D eigenvalue weighted by molar-refractivity contribution is 5.18. The second-order valence-corrected chi connectivity index (χ2v) is 4.95. The highest BCUT2D eigenvalue weighted by Crippen LogP contribution is 2.17. The van der Waals surface area contributed by atoms with Gasteiger partial charge in [0.25, 0.3) is 0 Å². The highest BCUT2D eigenvalue weighted by atomic mass is 15.1. The first-order valence-corrected chi connectivity index (χ1v) is 7.06. The molecule has 0 radical (unpaired) electrons. The van der Waals surface area contributed by atoms with Gasteiger partial charge in [0, 0.05) is 19.3 Å². The van der Waals surface area contributed by atoms with Gasteiger partial charge in [-0.2, -0.15) is 0 Å². The predicted molar refractivity (Wildman–Crippen MR) is 79.1 cm³/mol. The Morgan fingerprint density at radius 1 is 1.26 bits per heavy atom. The molecule has 0 spiro atoms. The first-order chi connectivity index (χ1) is 9.31. The summed E-state index contributed by atoms with van der Waals surface area (Å²) in [5.74, 6) is 0.602. The maximum absolute atomic E-state index is 4.18. The van der Waals surface area contributed by atoms with E-state index in [4.69, 9.17) is 0 Å². The lowest BCUT2D eigenvalue weighted by molar-refractivity contribution is 0.574. The molecule has 0 aliphatic carbocycles. The van der Waals surface area contributed by atoms with Crippen molar-refractivity contribution in [2.75, 3.05) is 6.54 Å². The Kier molecular flexibility index (Phi) is 5.16. The van der Waals surface area contributed by atoms with Crippen molar-refractivity contribution >= 4 is 0 Å². The van der Waals surface area contributed by atoms with Crippen LogP contribution in [-0.4, -0.2) is 16.1 Å². The molecule has 3 nitrogen and oxygen atoms in total. The van der Waals surface area contributed by atoms with Crippen LogP contribution in [0.1, 0.15) is 37.4 Å². The van der Waals surface area contributed by atoms with Crippen molar-refractivity contribution in [1.29, 1.82) is 0 Å². The molecule has 3 heteroatoms. The molecule has 1 atom stereocenters. The molecular weight excluding hydrogens is 234 g/mol. The normalized spacial score (nSPS) is 12.5. The molecule has 1 aromatic heterocycles. The standard InChI is InChI=1S/C16H23N3/c1-3-19-13-18-12-16(19)11-17-10-9-14(2)15-7-5-4-6-8-15/h4-8,12-14,17H,3,9-11H2,1-2H3. The molecule has 0 fully saturated rings. The van der Waals surface area contributed by atoms with Crippen LogP contribution in [0.15, 0.2) is 42.9 Å². The van der Waals surface area contributed by atoms with Gasteiger partial charge in [0.05, 0.1) is 12.0 Å². The summed E-state index contributed by atoms with van der Waals surface area (Å²) in [5.41, 5.74) is 2.68. The maximum atomic E-state index is 4.18. The van der Waals surface area contributed by atoms with E-state index in [1.54, 1.807) is 0 Å². The zero-order valence-corrected chi connectivity index (χ0v) is 11.8. The van der Waals surface area contributed by atoms with Crippen LogP contribution in [0, 0.1) is 0 Å². The van der Waals surface area contributed by atoms with Crippen molar-refractivity contribution in [2.24, 2.45) is 0 Å². The van der Waals surface area contributed by atoms with E-state index in [2.05, 4.69) is 59.0 Å². The summed E-state index contributed by atoms with van der Waals surface area (Å²) < 4.78 is 2.17. The van der Waals surface area contributed by atoms with Crippen LogP contribution in [-0.2, 0) is 13.1 Å². The van der Waals surface area contributed by atoms with Gasteiger partial charge in [-0.25, -0.2) is 4.98 Å². The molecule has 0 aliphatic rings. The number of aryl methyl sites for hydroxylation is 1. The molecule has 19 heavy (non-hydrogen) atoms. The van der Waals surface area contributed by atoms with Gasteiger partial charge < -0.3 is 9.88 Å². The summed E-state index contributed by atoms with van der Waals surface area (Å²) in [6.07, 6.45) is 4.99. The summed E-state index contributed by atoms with van der Waals surface area (Å²) in [5, 5.41) is 3.50. The molecule has 1 aromatic carbocycles. The molecule has 0 bridgehead atoms. The van der Waals surface area contributed by atoms with Gasteiger partial charge in [0.1, 0.15) is 0 Å². The zero-order valence-electron chi connectivity index (χ0n) is 11.8. The molecule has 102 valence electrons. The van der Waals surface area contributed by atoms with Gasteiger partial charge in [-0.3, -0.25) is 0 Å². The maximum Gasteiger partial charge on any atom is 0.0948 e. The quantitative estimate of drug-likeness (QED) is 0.772. The summed E-state index contributed by atoms with van der Waals surface area (Å²) in [6.45, 7) is 7.34. The third kappa shape index (κ3) is 3.93. The van der Waals surface area contributed by atoms with Gasteiger partial charge in [-0.1, -0.05) is 37.3 Å². The van der Waals surface area contributed by atoms with E-state index in [9.17, 15) is 0 Å². The fourth-order valence-corrected chi connectivity index (χ4v) is 2.26. The molecule has 0 saturated carbocycles. The summed E-state index contributed by atoms with van der Waals surface area (Å²) in [6, 6.07) is 10.7. The van der Waals surface area contributed by atoms with Crippen LogP contribution in [0.3, 0.4) is 0 Å². The van der Waals surface area contributed by atoms with E-state index in [1.165, 1.54) is 11.3 Å². The molecule has 2 rings (SSSR count). The fraction of sp³-hybridized carbons (Fsp3) is 0.438. The average Bonchev–Trinajstić information content (AvgIpc) is 2.91. The van der Waals surface area contributed by atoms with Crippen LogP contribution in [0.2, 0.25) is 0 Å². The fourth-order valence-electron chi connectivity index (χ4n) is 2.26. The number of rotatable bonds is 7. The number of nitrogens with one attached hydrogen (secondary N) is 1. The Bertz CT molecular complexity index is 476. The first kappa shape index (κ1) is 13.8. The third-order valence-corrected chi connectivity index (χ3v) is 3.57. The summed E-state index contributed by atoms with van der Waals surface area (Å²) in [4.78, 5) is 4.18. The highest BCUT2D eigenvalue weighted by Gasteiger charge is 2.04. The van der Waals surface area contributed by atoms with E-state index in [0.29, 0.717) is 5.92 Å². The number of benzene rings is 1. The van der Waals surface area contributed by atoms with Gasteiger partial charge in [0.2, 0.25) is 0 Å². The van der Waals surface area contributed by atoms with E-state index >= 15 is 0 Å². The number of nitrogens with zero attached hydrogens (tertiary/aromatic N) is 2. The molecule has 1 unspecified atom stereocenters. The number of aromatic nitrogens is 2. The lowest BCUT2D eigenvalue weighted by Gasteiger charge is -2.12. The smallest absolute Gasteiger partial charge is 0.0948 e. The largest absolute Gasteiger partial charge is 0.334 e. The second kappa shape index (κ2) is 7.10. The Morgan fingerprint density at radius 3 is 2.79 bits per heavy atom. The lowest BCUT2D eigenvalue weighted by Crippen LogP contribution is -2.18. The monoisotopic (exact) mass is 257 g/mol. The predicted octanol–water partition coefficient (Wildman–Crippen LogP) is 3.19. The van der Waals surface area contributed by atoms with Gasteiger partial charge in [-0.15, -0.1) is 0 Å². The molecule has 2 aromatic rings. The number of imidazole rings is 1. The van der Waals surface area contributed by atoms with Crippen molar-refractivity contribution in [3.63, 3.8) is 0 Å². The van der Waals surface area contributed by atoms with Crippen molar-refractivity contribution in [1.82, 2.24) is 14.9 Å². The number of hydrogen-bond donors (Lipinski definition) is 1. The van der Waals surface area contributed by atoms with Crippen LogP contribution in [0.5, 0.6) is 0 Å². The summed E-state index contributed by atoms with van der Waals surface area (Å²) >= 11 is 0. The number of hydrogen-bond acceptors (Lipinski definition) is 2. The molecule has 1 N–H and O–H groups in total. The van der Waals surface area contributed by atoms with Crippen LogP contribution >= 0.6 is 0 Å². The van der Waals surface area contributed by atoms with Gasteiger partial charge >= 0.3 is 0 Å². The molecule has 0 aliphatic heterocycles. The van der Waals surface area contributed by atoms with Crippen LogP contribution in [0.25, 0.3) is 0 Å². The van der Waals surface area contributed by atoms with Crippen LogP contribution in [0.4, 0.5) is 0 Å². The lowest BCUT2D eigenvalue weighted by atomic mass is 9.98. The van der Waals surface area contributed by atoms with Crippen molar-refractivity contribution in [3.8, 4) is 0 Å². The van der Waals surface area contributed by atoms with Crippen molar-refractivity contribution in [3.05, 3.63) is 54.1 Å². The molecule has 0 amide bonds. The van der Waals surface area contributed by atoms with Gasteiger partial charge in [0.15, 0.2) is 0 Å². The Hall–Kier alpha value is -1.61. The minimum Gasteiger partial charge on any atom is -0.334 e. The third-order valence-electron chi connectivity index (χ3n) is 3.57. The summed E-state index contributed by atoms with van der Waals surface area (Å²) in [7, 11) is 0. The SMILES string of the molecule is CCn1cncc1CNCCC(C)c1ccccc1. The topological polar surface area (TPSA) is 29.9 Å². The van der Waals surface area contributed by atoms with E-state index in [0.717, 1.165) is 26.1 Å². The minimum atomic E-state index is 0.602. The zero-order chi connectivity index (χ0) is 13.5. The Morgan fingerprint density at radius 2 is 2.05 bits per heavy atom.